The number of Topliss-reactive ketones (excluding diaryl/α,β-unsaturated/α-hetero) is 1. The molecule has 1 N–H and O–H groups in total. The first-order valence-electron chi connectivity index (χ1n) is 7.62. The Kier molecular flexibility index (Phi) is 5.64. The Morgan fingerprint density at radius 3 is 2.96 bits per heavy atom. The molecule has 2 aromatic rings. The molecule has 2 heterocycles. The highest BCUT2D eigenvalue weighted by Gasteiger charge is 2.16. The lowest BCUT2D eigenvalue weighted by Gasteiger charge is -2.08. The van der Waals surface area contributed by atoms with E-state index >= 15 is 0 Å². The smallest absolute Gasteiger partial charge is 0.206 e. The van der Waals surface area contributed by atoms with Crippen LogP contribution in [-0.2, 0) is 4.74 Å². The van der Waals surface area contributed by atoms with E-state index in [1.807, 2.05) is 31.2 Å². The third-order valence-corrected chi connectivity index (χ3v) is 5.63. The van der Waals surface area contributed by atoms with Crippen LogP contribution in [0.3, 0.4) is 0 Å². The molecule has 1 unspecified atom stereocenters. The molecule has 1 aromatic carbocycles. The number of nitrogens with zero attached hydrogens (tertiary/aromatic N) is 2. The molecule has 0 saturated carbocycles. The van der Waals surface area contributed by atoms with Crippen molar-refractivity contribution in [3.8, 4) is 0 Å². The van der Waals surface area contributed by atoms with E-state index in [0.29, 0.717) is 5.75 Å². The van der Waals surface area contributed by atoms with Crippen molar-refractivity contribution < 1.29 is 9.53 Å². The van der Waals surface area contributed by atoms with Crippen LogP contribution in [0.5, 0.6) is 0 Å². The zero-order valence-electron chi connectivity index (χ0n) is 12.9. The van der Waals surface area contributed by atoms with Gasteiger partial charge in [-0.3, -0.25) is 4.79 Å². The van der Waals surface area contributed by atoms with E-state index in [9.17, 15) is 4.79 Å². The Morgan fingerprint density at radius 2 is 2.22 bits per heavy atom. The van der Waals surface area contributed by atoms with Crippen molar-refractivity contribution in [2.45, 2.75) is 30.2 Å². The summed E-state index contributed by atoms with van der Waals surface area (Å²) in [4.78, 5) is 12.1. The van der Waals surface area contributed by atoms with E-state index in [1.165, 1.54) is 23.1 Å². The summed E-state index contributed by atoms with van der Waals surface area (Å²) in [6.45, 7) is 3.63. The molecule has 1 saturated heterocycles. The fourth-order valence-corrected chi connectivity index (χ4v) is 3.95. The number of carbonyl (C=O) groups is 1. The highest BCUT2D eigenvalue weighted by molar-refractivity contribution is 8.01. The summed E-state index contributed by atoms with van der Waals surface area (Å²) >= 11 is 2.91. The Labute approximate surface area is 143 Å². The third kappa shape index (κ3) is 4.76. The molecule has 0 aliphatic carbocycles. The van der Waals surface area contributed by atoms with Crippen molar-refractivity contribution in [1.29, 1.82) is 0 Å². The van der Waals surface area contributed by atoms with Crippen molar-refractivity contribution in [2.75, 3.05) is 24.2 Å². The molecule has 1 aliphatic rings. The van der Waals surface area contributed by atoms with Gasteiger partial charge >= 0.3 is 0 Å². The second-order valence-corrected chi connectivity index (χ2v) is 7.67. The topological polar surface area (TPSA) is 64.1 Å². The lowest BCUT2D eigenvalue weighted by molar-refractivity contribution is 0.102. The van der Waals surface area contributed by atoms with Gasteiger partial charge in [-0.2, -0.15) is 0 Å². The van der Waals surface area contributed by atoms with Crippen molar-refractivity contribution in [2.24, 2.45) is 0 Å². The molecule has 1 atom stereocenters. The number of anilines is 1. The molecule has 7 heteroatoms. The van der Waals surface area contributed by atoms with Crippen LogP contribution in [0, 0.1) is 6.92 Å². The second-order valence-electron chi connectivity index (χ2n) is 5.47. The zero-order valence-corrected chi connectivity index (χ0v) is 14.6. The van der Waals surface area contributed by atoms with Crippen LogP contribution in [0.4, 0.5) is 5.13 Å². The molecule has 0 bridgehead atoms. The average molecular weight is 349 g/mol. The Bertz CT molecular complexity index is 652. The SMILES string of the molecule is Cc1ccc(C(=O)CSc2nnc(NCC3CCCO3)s2)cc1. The number of rotatable bonds is 7. The summed E-state index contributed by atoms with van der Waals surface area (Å²) in [6, 6.07) is 7.64. The lowest BCUT2D eigenvalue weighted by atomic mass is 10.1. The summed E-state index contributed by atoms with van der Waals surface area (Å²) < 4.78 is 6.37. The van der Waals surface area contributed by atoms with E-state index in [-0.39, 0.29) is 11.9 Å². The number of ketones is 1. The quantitative estimate of drug-likeness (QED) is 0.610. The standard InChI is InChI=1S/C16H19N3O2S2/c1-11-4-6-12(7-5-11)14(20)10-22-16-19-18-15(23-16)17-9-13-3-2-8-21-13/h4-7,13H,2-3,8-10H2,1H3,(H,17,18). The monoisotopic (exact) mass is 349 g/mol. The summed E-state index contributed by atoms with van der Waals surface area (Å²) in [7, 11) is 0. The van der Waals surface area contributed by atoms with Crippen molar-refractivity contribution >= 4 is 34.0 Å². The van der Waals surface area contributed by atoms with Crippen LogP contribution in [-0.4, -0.2) is 41.0 Å². The van der Waals surface area contributed by atoms with Crippen LogP contribution < -0.4 is 5.32 Å². The van der Waals surface area contributed by atoms with Crippen LogP contribution in [0.25, 0.3) is 0 Å². The first-order valence-corrected chi connectivity index (χ1v) is 9.42. The normalized spacial score (nSPS) is 17.3. The number of hydrogen-bond acceptors (Lipinski definition) is 7. The molecular weight excluding hydrogens is 330 g/mol. The fraction of sp³-hybridized carbons (Fsp3) is 0.438. The van der Waals surface area contributed by atoms with Gasteiger partial charge < -0.3 is 10.1 Å². The van der Waals surface area contributed by atoms with Crippen LogP contribution >= 0.6 is 23.1 Å². The van der Waals surface area contributed by atoms with Gasteiger partial charge in [-0.1, -0.05) is 52.9 Å². The molecule has 3 rings (SSSR count). The summed E-state index contributed by atoms with van der Waals surface area (Å²) in [5.74, 6) is 0.489. The van der Waals surface area contributed by atoms with Gasteiger partial charge in [0.15, 0.2) is 10.1 Å². The zero-order chi connectivity index (χ0) is 16.1. The van der Waals surface area contributed by atoms with Crippen LogP contribution in [0.15, 0.2) is 28.6 Å². The molecule has 23 heavy (non-hydrogen) atoms. The second kappa shape index (κ2) is 7.90. The molecule has 122 valence electrons. The molecule has 1 aliphatic heterocycles. The first kappa shape index (κ1) is 16.4. The number of nitrogens with one attached hydrogen (secondary N) is 1. The van der Waals surface area contributed by atoms with Gasteiger partial charge in [-0.05, 0) is 19.8 Å². The first-order chi connectivity index (χ1) is 11.2. The number of aryl methyl sites for hydroxylation is 1. The summed E-state index contributed by atoms with van der Waals surface area (Å²) in [6.07, 6.45) is 2.50. The van der Waals surface area contributed by atoms with Crippen LogP contribution in [0.1, 0.15) is 28.8 Å². The predicted molar refractivity (Wildman–Crippen MR) is 93.6 cm³/mol. The Balaban J connectivity index is 1.46. The number of benzene rings is 1. The number of carbonyl (C=O) groups excluding carboxylic acids is 1. The average Bonchev–Trinajstić information content (AvgIpc) is 3.23. The van der Waals surface area contributed by atoms with Crippen molar-refractivity contribution in [3.63, 3.8) is 0 Å². The summed E-state index contributed by atoms with van der Waals surface area (Å²) in [5, 5.41) is 12.3. The minimum absolute atomic E-state index is 0.110. The van der Waals surface area contributed by atoms with E-state index in [0.717, 1.165) is 46.6 Å². The highest BCUT2D eigenvalue weighted by Crippen LogP contribution is 2.26. The van der Waals surface area contributed by atoms with Gasteiger partial charge in [0.05, 0.1) is 11.9 Å². The van der Waals surface area contributed by atoms with E-state index in [4.69, 9.17) is 4.74 Å². The van der Waals surface area contributed by atoms with Gasteiger partial charge in [0.25, 0.3) is 0 Å². The molecule has 5 nitrogen and oxygen atoms in total. The maximum atomic E-state index is 12.1. The van der Waals surface area contributed by atoms with Gasteiger partial charge in [0.2, 0.25) is 5.13 Å². The van der Waals surface area contributed by atoms with Crippen molar-refractivity contribution in [1.82, 2.24) is 10.2 Å². The van der Waals surface area contributed by atoms with Gasteiger partial charge in [-0.25, -0.2) is 0 Å². The summed E-state index contributed by atoms with van der Waals surface area (Å²) in [5.41, 5.74) is 1.89. The largest absolute Gasteiger partial charge is 0.376 e. The highest BCUT2D eigenvalue weighted by atomic mass is 32.2. The molecule has 0 radical (unpaired) electrons. The van der Waals surface area contributed by atoms with E-state index < -0.39 is 0 Å². The van der Waals surface area contributed by atoms with E-state index in [1.54, 1.807) is 0 Å². The number of hydrogen-bond donors (Lipinski definition) is 1. The third-order valence-electron chi connectivity index (χ3n) is 3.61. The Morgan fingerprint density at radius 1 is 1.39 bits per heavy atom. The molecule has 0 amide bonds. The molecular formula is C16H19N3O2S2. The van der Waals surface area contributed by atoms with Gasteiger partial charge in [0, 0.05) is 18.7 Å². The van der Waals surface area contributed by atoms with Gasteiger partial charge in [0.1, 0.15) is 0 Å². The Hall–Kier alpha value is -1.44. The molecule has 1 aromatic heterocycles. The number of aromatic nitrogens is 2. The predicted octanol–water partition coefficient (Wildman–Crippen LogP) is 3.41. The molecule has 1 fully saturated rings. The maximum Gasteiger partial charge on any atom is 0.206 e. The lowest BCUT2D eigenvalue weighted by Crippen LogP contribution is -2.18. The maximum absolute atomic E-state index is 12.1. The van der Waals surface area contributed by atoms with Gasteiger partial charge in [-0.15, -0.1) is 10.2 Å². The minimum Gasteiger partial charge on any atom is -0.376 e. The van der Waals surface area contributed by atoms with E-state index in [2.05, 4.69) is 15.5 Å². The van der Waals surface area contributed by atoms with Crippen molar-refractivity contribution in [3.05, 3.63) is 35.4 Å². The molecule has 0 spiro atoms. The number of thioether (sulfide) groups is 1. The fourth-order valence-electron chi connectivity index (χ4n) is 2.30. The minimum atomic E-state index is 0.110. The van der Waals surface area contributed by atoms with Crippen LogP contribution in [0.2, 0.25) is 0 Å². The number of ether oxygens (including phenoxy) is 1.